The highest BCUT2D eigenvalue weighted by molar-refractivity contribution is 5.26. The minimum absolute atomic E-state index is 0.263. The van der Waals surface area contributed by atoms with E-state index in [1.165, 1.54) is 5.56 Å². The summed E-state index contributed by atoms with van der Waals surface area (Å²) in [5.41, 5.74) is 2.10. The van der Waals surface area contributed by atoms with Gasteiger partial charge >= 0.3 is 0 Å². The maximum atomic E-state index is 9.88. The van der Waals surface area contributed by atoms with E-state index in [1.807, 2.05) is 44.2 Å². The Bertz CT molecular complexity index is 558. The van der Waals surface area contributed by atoms with E-state index in [-0.39, 0.29) is 6.61 Å². The van der Waals surface area contributed by atoms with Crippen LogP contribution in [0.15, 0.2) is 36.5 Å². The summed E-state index contributed by atoms with van der Waals surface area (Å²) in [6, 6.07) is 9.63. The van der Waals surface area contributed by atoms with Gasteiger partial charge in [-0.25, -0.2) is 9.97 Å². The topological polar surface area (TPSA) is 67.3 Å². The second-order valence-corrected chi connectivity index (χ2v) is 5.00. The summed E-state index contributed by atoms with van der Waals surface area (Å²) in [5, 5.41) is 13.0. The van der Waals surface area contributed by atoms with Crippen molar-refractivity contribution in [1.82, 2.24) is 15.3 Å². The van der Waals surface area contributed by atoms with Crippen LogP contribution >= 0.6 is 0 Å². The van der Waals surface area contributed by atoms with Gasteiger partial charge in [0.25, 0.3) is 0 Å². The number of hydrogen-bond donors (Lipinski definition) is 2. The summed E-state index contributed by atoms with van der Waals surface area (Å²) < 4.78 is 5.53. The van der Waals surface area contributed by atoms with Crippen LogP contribution in [0.1, 0.15) is 17.1 Å². The average Bonchev–Trinajstić information content (AvgIpc) is 2.47. The van der Waals surface area contributed by atoms with Crippen molar-refractivity contribution in [2.24, 2.45) is 0 Å². The Hall–Kier alpha value is -1.98. The Morgan fingerprint density at radius 2 is 1.95 bits per heavy atom. The van der Waals surface area contributed by atoms with Crippen molar-refractivity contribution < 1.29 is 9.84 Å². The molecule has 2 rings (SSSR count). The first-order valence-electron chi connectivity index (χ1n) is 7.00. The predicted molar refractivity (Wildman–Crippen MR) is 81.2 cm³/mol. The molecule has 112 valence electrons. The fourth-order valence-corrected chi connectivity index (χ4v) is 1.86. The number of aromatic nitrogens is 2. The van der Waals surface area contributed by atoms with Crippen LogP contribution in [-0.4, -0.2) is 34.3 Å². The van der Waals surface area contributed by atoms with Crippen LogP contribution in [0.5, 0.6) is 5.75 Å². The van der Waals surface area contributed by atoms with E-state index >= 15 is 0 Å². The molecule has 2 aromatic rings. The van der Waals surface area contributed by atoms with Crippen molar-refractivity contribution in [2.45, 2.75) is 26.5 Å². The monoisotopic (exact) mass is 287 g/mol. The molecular weight excluding hydrogens is 266 g/mol. The van der Waals surface area contributed by atoms with Crippen LogP contribution < -0.4 is 10.1 Å². The molecule has 0 bridgehead atoms. The lowest BCUT2D eigenvalue weighted by molar-refractivity contribution is 0.106. The molecule has 0 spiro atoms. The molecule has 1 unspecified atom stereocenters. The van der Waals surface area contributed by atoms with Gasteiger partial charge in [-0.05, 0) is 32.0 Å². The first kappa shape index (κ1) is 15.4. The van der Waals surface area contributed by atoms with Gasteiger partial charge in [0.1, 0.15) is 24.3 Å². The molecule has 2 N–H and O–H groups in total. The van der Waals surface area contributed by atoms with Crippen LogP contribution in [0, 0.1) is 13.8 Å². The summed E-state index contributed by atoms with van der Waals surface area (Å²) >= 11 is 0. The number of hydrogen-bond acceptors (Lipinski definition) is 5. The highest BCUT2D eigenvalue weighted by Gasteiger charge is 2.05. The van der Waals surface area contributed by atoms with Crippen LogP contribution in [0.3, 0.4) is 0 Å². The molecule has 0 aliphatic rings. The van der Waals surface area contributed by atoms with E-state index in [9.17, 15) is 5.11 Å². The maximum Gasteiger partial charge on any atom is 0.125 e. The third-order valence-corrected chi connectivity index (χ3v) is 2.98. The van der Waals surface area contributed by atoms with Gasteiger partial charge in [0, 0.05) is 19.3 Å². The lowest BCUT2D eigenvalue weighted by Crippen LogP contribution is -2.31. The van der Waals surface area contributed by atoms with Crippen molar-refractivity contribution in [2.75, 3.05) is 13.2 Å². The Morgan fingerprint density at radius 3 is 2.67 bits per heavy atom. The summed E-state index contributed by atoms with van der Waals surface area (Å²) in [7, 11) is 0. The summed E-state index contributed by atoms with van der Waals surface area (Å²) in [6.45, 7) is 5.20. The van der Waals surface area contributed by atoms with Gasteiger partial charge in [0.2, 0.25) is 0 Å². The quantitative estimate of drug-likeness (QED) is 0.810. The third-order valence-electron chi connectivity index (χ3n) is 2.98. The van der Waals surface area contributed by atoms with Gasteiger partial charge in [0.05, 0.1) is 5.69 Å². The molecule has 0 saturated heterocycles. The number of nitrogens with zero attached hydrogens (tertiary/aromatic N) is 2. The van der Waals surface area contributed by atoms with Crippen molar-refractivity contribution in [3.05, 3.63) is 53.6 Å². The minimum Gasteiger partial charge on any atom is -0.491 e. The normalized spacial score (nSPS) is 12.1. The molecule has 0 amide bonds. The van der Waals surface area contributed by atoms with Gasteiger partial charge in [-0.3, -0.25) is 0 Å². The molecule has 0 fully saturated rings. The molecule has 0 aliphatic heterocycles. The summed E-state index contributed by atoms with van der Waals surface area (Å²) in [4.78, 5) is 8.33. The third kappa shape index (κ3) is 5.49. The molecule has 1 heterocycles. The number of aliphatic hydroxyl groups excluding tert-OH is 1. The minimum atomic E-state index is -0.561. The molecule has 1 atom stereocenters. The molecule has 5 heteroatoms. The molecule has 1 aromatic heterocycles. The van der Waals surface area contributed by atoms with Gasteiger partial charge in [0.15, 0.2) is 0 Å². The maximum absolute atomic E-state index is 9.88. The molecule has 0 aliphatic carbocycles. The Balaban J connectivity index is 1.67. The van der Waals surface area contributed by atoms with Crippen LogP contribution in [0.25, 0.3) is 0 Å². The van der Waals surface area contributed by atoms with Crippen LogP contribution in [0.4, 0.5) is 0 Å². The fraction of sp³-hybridized carbons (Fsp3) is 0.375. The first-order valence-corrected chi connectivity index (χ1v) is 7.00. The molecule has 1 aromatic carbocycles. The molecule has 0 saturated carbocycles. The largest absolute Gasteiger partial charge is 0.491 e. The second kappa shape index (κ2) is 7.71. The predicted octanol–water partition coefficient (Wildman–Crippen LogP) is 1.62. The van der Waals surface area contributed by atoms with E-state index in [0.717, 1.165) is 17.3 Å². The number of benzene rings is 1. The number of nitrogens with one attached hydrogen (secondary N) is 1. The zero-order valence-electron chi connectivity index (χ0n) is 12.4. The number of rotatable bonds is 7. The van der Waals surface area contributed by atoms with E-state index in [1.54, 1.807) is 6.20 Å². The van der Waals surface area contributed by atoms with Crippen molar-refractivity contribution >= 4 is 0 Å². The Morgan fingerprint density at radius 1 is 1.19 bits per heavy atom. The van der Waals surface area contributed by atoms with Crippen LogP contribution in [-0.2, 0) is 6.54 Å². The molecule has 21 heavy (non-hydrogen) atoms. The number of ether oxygens (including phenoxy) is 1. The average molecular weight is 287 g/mol. The Kier molecular flexibility index (Phi) is 5.66. The highest BCUT2D eigenvalue weighted by atomic mass is 16.5. The number of aliphatic hydroxyl groups is 1. The summed E-state index contributed by atoms with van der Waals surface area (Å²) in [5.74, 6) is 1.52. The van der Waals surface area contributed by atoms with Crippen LogP contribution in [0.2, 0.25) is 0 Å². The van der Waals surface area contributed by atoms with Gasteiger partial charge in [-0.15, -0.1) is 0 Å². The van der Waals surface area contributed by atoms with Gasteiger partial charge in [-0.2, -0.15) is 0 Å². The zero-order chi connectivity index (χ0) is 15.1. The van der Waals surface area contributed by atoms with E-state index in [2.05, 4.69) is 15.3 Å². The molecule has 0 radical (unpaired) electrons. The highest BCUT2D eigenvalue weighted by Crippen LogP contribution is 2.11. The summed E-state index contributed by atoms with van der Waals surface area (Å²) in [6.07, 6.45) is 1.17. The van der Waals surface area contributed by atoms with E-state index in [0.29, 0.717) is 13.1 Å². The van der Waals surface area contributed by atoms with Gasteiger partial charge < -0.3 is 15.2 Å². The van der Waals surface area contributed by atoms with Crippen molar-refractivity contribution in [1.29, 1.82) is 0 Å². The molecular formula is C16H21N3O2. The Labute approximate surface area is 125 Å². The van der Waals surface area contributed by atoms with Crippen molar-refractivity contribution in [3.63, 3.8) is 0 Å². The fourth-order valence-electron chi connectivity index (χ4n) is 1.86. The van der Waals surface area contributed by atoms with E-state index < -0.39 is 6.10 Å². The standard InChI is InChI=1S/C16H21N3O2/c1-12-3-5-16(6-4-12)21-11-15(20)10-17-9-14-7-8-18-13(2)19-14/h3-8,15,17,20H,9-11H2,1-2H3. The lowest BCUT2D eigenvalue weighted by Gasteiger charge is -2.13. The lowest BCUT2D eigenvalue weighted by atomic mass is 10.2. The SMILES string of the molecule is Cc1ccc(OCC(O)CNCc2ccnc(C)n2)cc1. The first-order chi connectivity index (χ1) is 10.1. The van der Waals surface area contributed by atoms with Gasteiger partial charge in [-0.1, -0.05) is 17.7 Å². The molecule has 5 nitrogen and oxygen atoms in total. The van der Waals surface area contributed by atoms with Crippen molar-refractivity contribution in [3.8, 4) is 5.75 Å². The second-order valence-electron chi connectivity index (χ2n) is 5.00. The zero-order valence-corrected chi connectivity index (χ0v) is 12.4. The number of aryl methyl sites for hydroxylation is 2. The van der Waals surface area contributed by atoms with E-state index in [4.69, 9.17) is 4.74 Å². The smallest absolute Gasteiger partial charge is 0.125 e.